The normalized spacial score (nSPS) is 15.7. The van der Waals surface area contributed by atoms with Crippen LogP contribution in [0.15, 0.2) is 18.2 Å². The van der Waals surface area contributed by atoms with E-state index in [9.17, 15) is 20.0 Å². The highest BCUT2D eigenvalue weighted by atomic mass is 16.6. The Balaban J connectivity index is 2.39. The van der Waals surface area contributed by atoms with Gasteiger partial charge in [-0.3, -0.25) is 10.1 Å². The summed E-state index contributed by atoms with van der Waals surface area (Å²) in [5, 5.41) is 20.2. The van der Waals surface area contributed by atoms with Gasteiger partial charge in [-0.15, -0.1) is 0 Å². The minimum absolute atomic E-state index is 0.0108. The van der Waals surface area contributed by atoms with Crippen LogP contribution in [0.2, 0.25) is 0 Å². The molecule has 0 aliphatic heterocycles. The molecule has 1 aromatic rings. The zero-order valence-corrected chi connectivity index (χ0v) is 12.1. The van der Waals surface area contributed by atoms with E-state index in [4.69, 9.17) is 0 Å². The van der Waals surface area contributed by atoms with Crippen molar-refractivity contribution in [3.63, 3.8) is 0 Å². The first-order valence-corrected chi connectivity index (χ1v) is 7.33. The van der Waals surface area contributed by atoms with E-state index < -0.39 is 10.9 Å². The van der Waals surface area contributed by atoms with E-state index in [1.807, 2.05) is 6.92 Å². The fourth-order valence-corrected chi connectivity index (χ4v) is 3.08. The van der Waals surface area contributed by atoms with Crippen molar-refractivity contribution in [3.05, 3.63) is 33.9 Å². The standard InChI is InChI=1S/C15H20N2O4/c1-2-16(11-6-4-3-5-7-11)14-9-8-12(17(20)21)10-13(14)15(18)19/h8-11H,2-7H2,1H3,(H,18,19). The van der Waals surface area contributed by atoms with Crippen molar-refractivity contribution < 1.29 is 14.8 Å². The van der Waals surface area contributed by atoms with Gasteiger partial charge < -0.3 is 10.0 Å². The number of aromatic carboxylic acids is 1. The highest BCUT2D eigenvalue weighted by molar-refractivity contribution is 5.95. The lowest BCUT2D eigenvalue weighted by molar-refractivity contribution is -0.384. The second-order valence-corrected chi connectivity index (χ2v) is 5.34. The van der Waals surface area contributed by atoms with Gasteiger partial charge in [-0.1, -0.05) is 19.3 Å². The van der Waals surface area contributed by atoms with Crippen LogP contribution >= 0.6 is 0 Å². The highest BCUT2D eigenvalue weighted by Crippen LogP contribution is 2.31. The highest BCUT2D eigenvalue weighted by Gasteiger charge is 2.25. The number of nitrogens with zero attached hydrogens (tertiary/aromatic N) is 2. The Kier molecular flexibility index (Phi) is 4.77. The molecule has 1 fully saturated rings. The van der Waals surface area contributed by atoms with Crippen LogP contribution in [0.25, 0.3) is 0 Å². The van der Waals surface area contributed by atoms with Gasteiger partial charge in [0.25, 0.3) is 5.69 Å². The van der Waals surface area contributed by atoms with Crippen LogP contribution in [-0.2, 0) is 0 Å². The number of benzene rings is 1. The largest absolute Gasteiger partial charge is 0.478 e. The van der Waals surface area contributed by atoms with Gasteiger partial charge in [0.1, 0.15) is 0 Å². The van der Waals surface area contributed by atoms with Gasteiger partial charge in [0, 0.05) is 24.7 Å². The third-order valence-corrected chi connectivity index (χ3v) is 4.09. The number of carbonyl (C=O) groups is 1. The Bertz CT molecular complexity index is 538. The summed E-state index contributed by atoms with van der Waals surface area (Å²) in [7, 11) is 0. The van der Waals surface area contributed by atoms with Crippen LogP contribution in [0, 0.1) is 10.1 Å². The molecule has 2 rings (SSSR count). The lowest BCUT2D eigenvalue weighted by atomic mass is 9.93. The predicted molar refractivity (Wildman–Crippen MR) is 79.9 cm³/mol. The first-order chi connectivity index (χ1) is 10.0. The molecule has 0 heterocycles. The van der Waals surface area contributed by atoms with Crippen LogP contribution < -0.4 is 4.90 Å². The molecule has 0 amide bonds. The van der Waals surface area contributed by atoms with Gasteiger partial charge in [-0.2, -0.15) is 0 Å². The molecular weight excluding hydrogens is 272 g/mol. The van der Waals surface area contributed by atoms with Crippen LogP contribution in [0.1, 0.15) is 49.4 Å². The number of hydrogen-bond acceptors (Lipinski definition) is 4. The molecule has 1 aromatic carbocycles. The van der Waals surface area contributed by atoms with E-state index in [-0.39, 0.29) is 11.3 Å². The number of anilines is 1. The second kappa shape index (κ2) is 6.56. The molecule has 1 aliphatic rings. The van der Waals surface area contributed by atoms with Gasteiger partial charge >= 0.3 is 5.97 Å². The predicted octanol–water partition coefficient (Wildman–Crippen LogP) is 3.45. The van der Waals surface area contributed by atoms with Crippen LogP contribution in [0.4, 0.5) is 11.4 Å². The number of non-ortho nitro benzene ring substituents is 1. The van der Waals surface area contributed by atoms with Crippen molar-refractivity contribution in [2.75, 3.05) is 11.4 Å². The minimum Gasteiger partial charge on any atom is -0.478 e. The van der Waals surface area contributed by atoms with E-state index in [1.165, 1.54) is 12.5 Å². The van der Waals surface area contributed by atoms with Gasteiger partial charge in [0.05, 0.1) is 16.2 Å². The third-order valence-electron chi connectivity index (χ3n) is 4.09. The molecule has 0 radical (unpaired) electrons. The molecule has 0 atom stereocenters. The molecule has 1 N–H and O–H groups in total. The number of rotatable bonds is 5. The number of nitro benzene ring substituents is 1. The Morgan fingerprint density at radius 1 is 1.38 bits per heavy atom. The summed E-state index contributed by atoms with van der Waals surface area (Å²) >= 11 is 0. The Morgan fingerprint density at radius 2 is 2.05 bits per heavy atom. The number of carboxylic acid groups (broad SMARTS) is 1. The summed E-state index contributed by atoms with van der Waals surface area (Å²) in [5.74, 6) is -1.12. The van der Waals surface area contributed by atoms with E-state index in [2.05, 4.69) is 4.90 Å². The molecule has 0 spiro atoms. The first kappa shape index (κ1) is 15.3. The maximum atomic E-state index is 11.5. The molecule has 6 heteroatoms. The average Bonchev–Trinajstić information content (AvgIpc) is 2.49. The molecular formula is C15H20N2O4. The fraction of sp³-hybridized carbons (Fsp3) is 0.533. The summed E-state index contributed by atoms with van der Waals surface area (Å²) in [4.78, 5) is 23.8. The topological polar surface area (TPSA) is 83.7 Å². The third kappa shape index (κ3) is 3.32. The SMILES string of the molecule is CCN(c1ccc([N+](=O)[O-])cc1C(=O)O)C1CCCCC1. The maximum absolute atomic E-state index is 11.5. The molecule has 0 bridgehead atoms. The molecule has 21 heavy (non-hydrogen) atoms. The van der Waals surface area contributed by atoms with Gasteiger partial charge in [0.2, 0.25) is 0 Å². The summed E-state index contributed by atoms with van der Waals surface area (Å²) in [6, 6.07) is 4.43. The lowest BCUT2D eigenvalue weighted by Gasteiger charge is -2.36. The van der Waals surface area contributed by atoms with Crippen molar-refractivity contribution in [3.8, 4) is 0 Å². The van der Waals surface area contributed by atoms with Gasteiger partial charge in [0.15, 0.2) is 0 Å². The monoisotopic (exact) mass is 292 g/mol. The minimum atomic E-state index is -1.12. The van der Waals surface area contributed by atoms with Crippen LogP contribution in [0.5, 0.6) is 0 Å². The first-order valence-electron chi connectivity index (χ1n) is 7.33. The molecule has 0 unspecified atom stereocenters. The summed E-state index contributed by atoms with van der Waals surface area (Å²) in [6.45, 7) is 2.68. The Hall–Kier alpha value is -2.11. The van der Waals surface area contributed by atoms with E-state index in [0.29, 0.717) is 18.3 Å². The number of hydrogen-bond donors (Lipinski definition) is 1. The molecule has 1 saturated carbocycles. The van der Waals surface area contributed by atoms with Crippen molar-refractivity contribution in [2.24, 2.45) is 0 Å². The van der Waals surface area contributed by atoms with Crippen molar-refractivity contribution in [1.82, 2.24) is 0 Å². The average molecular weight is 292 g/mol. The van der Waals surface area contributed by atoms with E-state index >= 15 is 0 Å². The smallest absolute Gasteiger partial charge is 0.338 e. The van der Waals surface area contributed by atoms with Gasteiger partial charge in [-0.25, -0.2) is 4.79 Å². The molecule has 0 aromatic heterocycles. The van der Waals surface area contributed by atoms with Crippen LogP contribution in [-0.4, -0.2) is 28.6 Å². The zero-order chi connectivity index (χ0) is 15.4. The summed E-state index contributed by atoms with van der Waals surface area (Å²) < 4.78 is 0. The maximum Gasteiger partial charge on any atom is 0.338 e. The van der Waals surface area contributed by atoms with Gasteiger partial charge in [-0.05, 0) is 25.8 Å². The van der Waals surface area contributed by atoms with Crippen molar-refractivity contribution in [1.29, 1.82) is 0 Å². The fourth-order valence-electron chi connectivity index (χ4n) is 3.08. The van der Waals surface area contributed by atoms with Crippen molar-refractivity contribution >= 4 is 17.3 Å². The molecule has 6 nitrogen and oxygen atoms in total. The molecule has 1 aliphatic carbocycles. The Morgan fingerprint density at radius 3 is 2.57 bits per heavy atom. The van der Waals surface area contributed by atoms with E-state index in [0.717, 1.165) is 31.7 Å². The number of carboxylic acids is 1. The van der Waals surface area contributed by atoms with Crippen molar-refractivity contribution in [2.45, 2.75) is 45.1 Å². The zero-order valence-electron chi connectivity index (χ0n) is 12.1. The number of nitro groups is 1. The second-order valence-electron chi connectivity index (χ2n) is 5.34. The summed E-state index contributed by atoms with van der Waals surface area (Å²) in [6.07, 6.45) is 5.61. The van der Waals surface area contributed by atoms with E-state index in [1.54, 1.807) is 6.07 Å². The Labute approximate surface area is 123 Å². The molecule has 0 saturated heterocycles. The van der Waals surface area contributed by atoms with Crippen LogP contribution in [0.3, 0.4) is 0 Å². The molecule has 114 valence electrons. The lowest BCUT2D eigenvalue weighted by Crippen LogP contribution is -2.37. The summed E-state index contributed by atoms with van der Waals surface area (Å²) in [5.41, 5.74) is 0.412. The quantitative estimate of drug-likeness (QED) is 0.663.